The Morgan fingerprint density at radius 3 is 2.22 bits per heavy atom. The Morgan fingerprint density at radius 2 is 1.74 bits per heavy atom. The summed E-state index contributed by atoms with van der Waals surface area (Å²) < 4.78 is 23.0. The summed E-state index contributed by atoms with van der Waals surface area (Å²) in [6.07, 6.45) is 2.53. The van der Waals surface area contributed by atoms with Crippen molar-refractivity contribution in [3.63, 3.8) is 0 Å². The summed E-state index contributed by atoms with van der Waals surface area (Å²) >= 11 is 0. The zero-order valence-corrected chi connectivity index (χ0v) is 13.9. The molecule has 1 N–H and O–H groups in total. The van der Waals surface area contributed by atoms with Gasteiger partial charge in [0.1, 0.15) is 0 Å². The molecule has 0 fully saturated rings. The number of rotatable bonds is 4. The smallest absolute Gasteiger partial charge is 0.255 e. The van der Waals surface area contributed by atoms with Crippen LogP contribution in [0.2, 0.25) is 0 Å². The van der Waals surface area contributed by atoms with Gasteiger partial charge in [-0.15, -0.1) is 0 Å². The minimum Gasteiger partial charge on any atom is -0.335 e. The number of nitrogens with zero attached hydrogens (tertiary/aromatic N) is 1. The molecule has 122 valence electrons. The van der Waals surface area contributed by atoms with Gasteiger partial charge in [-0.3, -0.25) is 9.59 Å². The summed E-state index contributed by atoms with van der Waals surface area (Å²) in [4.78, 5) is 27.7. The van der Waals surface area contributed by atoms with Crippen LogP contribution in [-0.4, -0.2) is 37.5 Å². The molecule has 1 heterocycles. The van der Waals surface area contributed by atoms with Crippen molar-refractivity contribution < 1.29 is 13.2 Å². The number of aromatic amines is 1. The predicted molar refractivity (Wildman–Crippen MR) is 87.1 cm³/mol. The Labute approximate surface area is 134 Å². The van der Waals surface area contributed by atoms with Gasteiger partial charge in [0.25, 0.3) is 5.91 Å². The highest BCUT2D eigenvalue weighted by atomic mass is 32.2. The molecule has 0 spiro atoms. The van der Waals surface area contributed by atoms with Gasteiger partial charge in [0, 0.05) is 25.6 Å². The van der Waals surface area contributed by atoms with Gasteiger partial charge in [-0.25, -0.2) is 8.42 Å². The molecule has 23 heavy (non-hydrogen) atoms. The molecule has 1 atom stereocenters. The molecule has 0 bridgehead atoms. The summed E-state index contributed by atoms with van der Waals surface area (Å²) in [7, 11) is -1.59. The minimum atomic E-state index is -3.24. The highest BCUT2D eigenvalue weighted by molar-refractivity contribution is 7.90. The van der Waals surface area contributed by atoms with Crippen molar-refractivity contribution in [2.24, 2.45) is 0 Å². The van der Waals surface area contributed by atoms with Gasteiger partial charge in [0.2, 0.25) is 5.56 Å². The molecular weight excluding hydrogens is 316 g/mol. The van der Waals surface area contributed by atoms with E-state index in [4.69, 9.17) is 0 Å². The van der Waals surface area contributed by atoms with E-state index in [9.17, 15) is 18.0 Å². The first-order valence-corrected chi connectivity index (χ1v) is 8.85. The van der Waals surface area contributed by atoms with Crippen LogP contribution in [0.25, 0.3) is 0 Å². The van der Waals surface area contributed by atoms with Crippen LogP contribution in [0.4, 0.5) is 0 Å². The lowest BCUT2D eigenvalue weighted by Gasteiger charge is -2.25. The van der Waals surface area contributed by atoms with Gasteiger partial charge in [-0.2, -0.15) is 0 Å². The first-order chi connectivity index (χ1) is 10.7. The molecule has 0 radical (unpaired) electrons. The molecule has 0 saturated heterocycles. The number of hydrogen-bond acceptors (Lipinski definition) is 4. The van der Waals surface area contributed by atoms with E-state index in [0.29, 0.717) is 5.56 Å². The maximum atomic E-state index is 12.4. The Balaban J connectivity index is 2.22. The number of sulfone groups is 1. The lowest BCUT2D eigenvalue weighted by Crippen LogP contribution is -2.30. The van der Waals surface area contributed by atoms with Crippen LogP contribution in [0.1, 0.15) is 28.9 Å². The maximum absolute atomic E-state index is 12.4. The van der Waals surface area contributed by atoms with Gasteiger partial charge in [0.15, 0.2) is 9.84 Å². The second-order valence-electron chi connectivity index (χ2n) is 5.37. The van der Waals surface area contributed by atoms with Crippen LogP contribution in [0, 0.1) is 0 Å². The summed E-state index contributed by atoms with van der Waals surface area (Å²) in [5.41, 5.74) is 0.929. The fourth-order valence-corrected chi connectivity index (χ4v) is 2.77. The molecule has 0 saturated carbocycles. The molecule has 2 rings (SSSR count). The van der Waals surface area contributed by atoms with E-state index < -0.39 is 9.84 Å². The zero-order chi connectivity index (χ0) is 17.2. The Kier molecular flexibility index (Phi) is 4.70. The van der Waals surface area contributed by atoms with Crippen LogP contribution in [0.5, 0.6) is 0 Å². The van der Waals surface area contributed by atoms with Gasteiger partial charge in [-0.05, 0) is 30.7 Å². The lowest BCUT2D eigenvalue weighted by molar-refractivity contribution is 0.0742. The standard InChI is InChI=1S/C16H18N2O4S/c1-11(12-4-7-14(8-5-12)23(3,21)22)18(2)16(20)13-6-9-15(19)17-10-13/h4-11H,1-3H3,(H,17,19). The van der Waals surface area contributed by atoms with Crippen molar-refractivity contribution in [1.29, 1.82) is 0 Å². The number of carbonyl (C=O) groups excluding carboxylic acids is 1. The highest BCUT2D eigenvalue weighted by Gasteiger charge is 2.19. The lowest BCUT2D eigenvalue weighted by atomic mass is 10.1. The Hall–Kier alpha value is -2.41. The van der Waals surface area contributed by atoms with Crippen LogP contribution in [0.15, 0.2) is 52.3 Å². The number of aromatic nitrogens is 1. The van der Waals surface area contributed by atoms with Crippen molar-refractivity contribution in [2.45, 2.75) is 17.9 Å². The van der Waals surface area contributed by atoms with Gasteiger partial charge < -0.3 is 9.88 Å². The van der Waals surface area contributed by atoms with E-state index >= 15 is 0 Å². The average molecular weight is 334 g/mol. The van der Waals surface area contributed by atoms with Crippen molar-refractivity contribution in [2.75, 3.05) is 13.3 Å². The quantitative estimate of drug-likeness (QED) is 0.920. The van der Waals surface area contributed by atoms with E-state index in [1.165, 1.54) is 35.4 Å². The van der Waals surface area contributed by atoms with Gasteiger partial charge >= 0.3 is 0 Å². The Bertz CT molecular complexity index is 849. The zero-order valence-electron chi connectivity index (χ0n) is 13.1. The monoisotopic (exact) mass is 334 g/mol. The number of carbonyl (C=O) groups is 1. The van der Waals surface area contributed by atoms with Gasteiger partial charge in [-0.1, -0.05) is 12.1 Å². The topological polar surface area (TPSA) is 87.3 Å². The summed E-state index contributed by atoms with van der Waals surface area (Å²) in [5.74, 6) is -0.235. The van der Waals surface area contributed by atoms with E-state index in [2.05, 4.69) is 4.98 Å². The van der Waals surface area contributed by atoms with Crippen LogP contribution >= 0.6 is 0 Å². The number of nitrogens with one attached hydrogen (secondary N) is 1. The molecule has 6 nitrogen and oxygen atoms in total. The number of benzene rings is 1. The second-order valence-corrected chi connectivity index (χ2v) is 7.39. The SMILES string of the molecule is CC(c1ccc(S(C)(=O)=O)cc1)N(C)C(=O)c1ccc(=O)[nH]c1. The fourth-order valence-electron chi connectivity index (χ4n) is 2.14. The van der Waals surface area contributed by atoms with Crippen molar-refractivity contribution in [1.82, 2.24) is 9.88 Å². The van der Waals surface area contributed by atoms with Crippen molar-refractivity contribution in [3.8, 4) is 0 Å². The minimum absolute atomic E-state index is 0.235. The van der Waals surface area contributed by atoms with E-state index in [1.54, 1.807) is 19.2 Å². The van der Waals surface area contributed by atoms with Crippen molar-refractivity contribution in [3.05, 3.63) is 64.1 Å². The third kappa shape index (κ3) is 3.87. The second kappa shape index (κ2) is 6.37. The molecule has 0 aliphatic carbocycles. The predicted octanol–water partition coefficient (Wildman–Crippen LogP) is 1.61. The number of amides is 1. The summed E-state index contributed by atoms with van der Waals surface area (Å²) in [5, 5.41) is 0. The first kappa shape index (κ1) is 17.0. The van der Waals surface area contributed by atoms with Crippen LogP contribution in [0.3, 0.4) is 0 Å². The number of pyridine rings is 1. The van der Waals surface area contributed by atoms with Crippen molar-refractivity contribution >= 4 is 15.7 Å². The average Bonchev–Trinajstić information content (AvgIpc) is 2.53. The number of hydrogen-bond donors (Lipinski definition) is 1. The molecule has 7 heteroatoms. The molecule has 0 aliphatic heterocycles. The number of H-pyrrole nitrogens is 1. The summed E-state index contributed by atoms with van der Waals surface area (Å²) in [6.45, 7) is 1.85. The Morgan fingerprint density at radius 1 is 1.13 bits per heavy atom. The maximum Gasteiger partial charge on any atom is 0.255 e. The molecule has 1 amide bonds. The third-order valence-electron chi connectivity index (χ3n) is 3.72. The summed E-state index contributed by atoms with van der Waals surface area (Å²) in [6, 6.07) is 8.96. The fraction of sp³-hybridized carbons (Fsp3) is 0.250. The molecule has 2 aromatic rings. The highest BCUT2D eigenvalue weighted by Crippen LogP contribution is 2.22. The van der Waals surface area contributed by atoms with Crippen LogP contribution < -0.4 is 5.56 Å². The van der Waals surface area contributed by atoms with E-state index in [0.717, 1.165) is 11.8 Å². The molecule has 1 unspecified atom stereocenters. The van der Waals surface area contributed by atoms with E-state index in [1.807, 2.05) is 6.92 Å². The molecule has 0 aliphatic rings. The molecule has 1 aromatic carbocycles. The normalized spacial score (nSPS) is 12.7. The van der Waals surface area contributed by atoms with E-state index in [-0.39, 0.29) is 22.4 Å². The molecule has 1 aromatic heterocycles. The molecular formula is C16H18N2O4S. The third-order valence-corrected chi connectivity index (χ3v) is 4.85. The largest absolute Gasteiger partial charge is 0.335 e. The first-order valence-electron chi connectivity index (χ1n) is 6.96. The van der Waals surface area contributed by atoms with Crippen LogP contribution in [-0.2, 0) is 9.84 Å². The van der Waals surface area contributed by atoms with Gasteiger partial charge in [0.05, 0.1) is 16.5 Å².